The van der Waals surface area contributed by atoms with E-state index in [1.54, 1.807) is 7.11 Å². The number of rotatable bonds is 1. The summed E-state index contributed by atoms with van der Waals surface area (Å²) in [5.41, 5.74) is 2.79. The van der Waals surface area contributed by atoms with Crippen LogP contribution < -0.4 is 0 Å². The topological polar surface area (TPSA) is 11.3 Å². The Hall–Kier alpha value is -2.33. The molecule has 0 N–H and O–H groups in total. The van der Waals surface area contributed by atoms with Crippen LogP contribution in [0.25, 0.3) is 0 Å². The molecule has 0 radical (unpaired) electrons. The predicted molar refractivity (Wildman–Crippen MR) is 69.6 cm³/mol. The van der Waals surface area contributed by atoms with Crippen LogP contribution in [0.5, 0.6) is 0 Å². The highest BCUT2D eigenvalue weighted by atomic mass is 16.4. The van der Waals surface area contributed by atoms with Gasteiger partial charge in [-0.15, -0.1) is 18.1 Å². The molecular formula is C16H12O. The Labute approximate surface area is 101 Å². The first-order chi connectivity index (χ1) is 8.40. The molecule has 0 spiro atoms. The average molecular weight is 220 g/mol. The first-order valence-electron chi connectivity index (χ1n) is 5.35. The van der Waals surface area contributed by atoms with Gasteiger partial charge in [0.05, 0.1) is 0 Å². The standard InChI is InChI=1S/C16H12O/c1-17-13-16-10-6-5-9-15(16)12-11-14-7-3-2-4-8-14/h2-10H,1H3. The lowest BCUT2D eigenvalue weighted by Gasteiger charge is -2.00. The predicted octanol–water partition coefficient (Wildman–Crippen LogP) is 2.71. The van der Waals surface area contributed by atoms with Crippen molar-refractivity contribution in [2.24, 2.45) is 0 Å². The van der Waals surface area contributed by atoms with E-state index in [2.05, 4.69) is 18.1 Å². The van der Waals surface area contributed by atoms with Gasteiger partial charge in [-0.2, -0.15) is 6.07 Å². The maximum atomic E-state index is 4.90. The molecule has 2 aromatic rings. The summed E-state index contributed by atoms with van der Waals surface area (Å²) < 4.78 is 4.90. The third-order valence-corrected chi connectivity index (χ3v) is 2.25. The fraction of sp³-hybridized carbons (Fsp3) is 0.0625. The highest BCUT2D eigenvalue weighted by molar-refractivity contribution is 5.80. The summed E-state index contributed by atoms with van der Waals surface area (Å²) in [6.45, 7) is 0. The maximum Gasteiger partial charge on any atom is 0.291 e. The van der Waals surface area contributed by atoms with E-state index in [-0.39, 0.29) is 0 Å². The first kappa shape index (κ1) is 11.2. The van der Waals surface area contributed by atoms with Gasteiger partial charge in [-0.3, -0.25) is 0 Å². The van der Waals surface area contributed by atoms with Gasteiger partial charge in [-0.05, 0) is 12.1 Å². The minimum Gasteiger partial charge on any atom is -0.319 e. The number of benzene rings is 2. The fourth-order valence-corrected chi connectivity index (χ4v) is 1.45. The molecule has 0 heterocycles. The summed E-state index contributed by atoms with van der Waals surface area (Å²) in [7, 11) is 1.58. The van der Waals surface area contributed by atoms with Gasteiger partial charge in [0.1, 0.15) is 0 Å². The third-order valence-electron chi connectivity index (χ3n) is 2.25. The van der Waals surface area contributed by atoms with Gasteiger partial charge in [0.15, 0.2) is 0 Å². The van der Waals surface area contributed by atoms with Crippen molar-refractivity contribution >= 4 is 6.29 Å². The van der Waals surface area contributed by atoms with Crippen LogP contribution in [0.2, 0.25) is 0 Å². The van der Waals surface area contributed by atoms with Crippen LogP contribution in [0.1, 0.15) is 16.7 Å². The molecular weight excluding hydrogens is 208 g/mol. The summed E-state index contributed by atoms with van der Waals surface area (Å²) in [6.07, 6.45) is 2.81. The van der Waals surface area contributed by atoms with Crippen molar-refractivity contribution in [1.82, 2.24) is 0 Å². The van der Waals surface area contributed by atoms with Crippen molar-refractivity contribution in [2.75, 3.05) is 7.11 Å². The molecule has 0 fully saturated rings. The van der Waals surface area contributed by atoms with Gasteiger partial charge in [-0.1, -0.05) is 41.3 Å². The second kappa shape index (κ2) is 5.67. The molecule has 0 atom stereocenters. The highest BCUT2D eigenvalue weighted by Gasteiger charge is 1.90. The molecule has 82 valence electrons. The van der Waals surface area contributed by atoms with Crippen LogP contribution >= 0.6 is 0 Å². The second-order valence-electron chi connectivity index (χ2n) is 3.47. The van der Waals surface area contributed by atoms with E-state index in [0.29, 0.717) is 0 Å². The molecule has 0 aromatic heterocycles. The SMILES string of the molecule is C[O+]=[C-]c1ccccc1C#Cc1ccccc1. The zero-order valence-corrected chi connectivity index (χ0v) is 9.60. The van der Waals surface area contributed by atoms with Crippen molar-refractivity contribution in [3.63, 3.8) is 0 Å². The molecule has 2 aromatic carbocycles. The Bertz CT molecular complexity index is 571. The normalized spacial score (nSPS) is 9.94. The van der Waals surface area contributed by atoms with E-state index in [4.69, 9.17) is 4.42 Å². The molecule has 0 amide bonds. The fourth-order valence-electron chi connectivity index (χ4n) is 1.45. The molecule has 17 heavy (non-hydrogen) atoms. The van der Waals surface area contributed by atoms with E-state index in [1.807, 2.05) is 54.6 Å². The number of hydrogen-bond donors (Lipinski definition) is 0. The van der Waals surface area contributed by atoms with Crippen LogP contribution in [0, 0.1) is 11.8 Å². The smallest absolute Gasteiger partial charge is 0.291 e. The molecule has 1 nitrogen and oxygen atoms in total. The molecule has 0 aliphatic rings. The van der Waals surface area contributed by atoms with Gasteiger partial charge in [0.25, 0.3) is 6.29 Å². The largest absolute Gasteiger partial charge is 0.319 e. The van der Waals surface area contributed by atoms with Crippen LogP contribution in [-0.2, 0) is 4.42 Å². The maximum absolute atomic E-state index is 4.90. The van der Waals surface area contributed by atoms with E-state index < -0.39 is 0 Å². The molecule has 0 unspecified atom stereocenters. The van der Waals surface area contributed by atoms with Gasteiger partial charge in [-0.25, -0.2) is 0 Å². The number of hydrogen-bond acceptors (Lipinski definition) is 0. The van der Waals surface area contributed by atoms with E-state index in [0.717, 1.165) is 16.7 Å². The Morgan fingerprint density at radius 1 is 0.882 bits per heavy atom. The van der Waals surface area contributed by atoms with Crippen molar-refractivity contribution in [3.05, 3.63) is 71.3 Å². The Morgan fingerprint density at radius 3 is 2.35 bits per heavy atom. The highest BCUT2D eigenvalue weighted by Crippen LogP contribution is 2.05. The molecule has 0 bridgehead atoms. The lowest BCUT2D eigenvalue weighted by atomic mass is 10.1. The molecule has 2 rings (SSSR count). The number of carbonyl (C=O) groups excluding carboxylic acids is 1. The molecule has 0 saturated heterocycles. The van der Waals surface area contributed by atoms with Gasteiger partial charge < -0.3 is 4.42 Å². The lowest BCUT2D eigenvalue weighted by Crippen LogP contribution is -1.88. The van der Waals surface area contributed by atoms with Crippen molar-refractivity contribution < 1.29 is 4.42 Å². The summed E-state index contributed by atoms with van der Waals surface area (Å²) in [6, 6.07) is 17.7. The summed E-state index contributed by atoms with van der Waals surface area (Å²) in [5, 5.41) is 0. The van der Waals surface area contributed by atoms with Gasteiger partial charge in [0.2, 0.25) is 7.11 Å². The Balaban J connectivity index is 2.34. The van der Waals surface area contributed by atoms with Crippen LogP contribution in [0.3, 0.4) is 0 Å². The molecule has 0 aliphatic carbocycles. The van der Waals surface area contributed by atoms with Crippen LogP contribution in [0.15, 0.2) is 54.6 Å². The van der Waals surface area contributed by atoms with Crippen LogP contribution in [0.4, 0.5) is 0 Å². The summed E-state index contributed by atoms with van der Waals surface area (Å²) in [4.78, 5) is 0. The molecule has 0 aliphatic heterocycles. The van der Waals surface area contributed by atoms with Gasteiger partial charge in [0, 0.05) is 5.56 Å². The Morgan fingerprint density at radius 2 is 1.59 bits per heavy atom. The van der Waals surface area contributed by atoms with E-state index in [9.17, 15) is 0 Å². The minimum atomic E-state index is 0.874. The van der Waals surface area contributed by atoms with Crippen molar-refractivity contribution in [1.29, 1.82) is 0 Å². The third kappa shape index (κ3) is 3.06. The minimum absolute atomic E-state index is 0.874. The summed E-state index contributed by atoms with van der Waals surface area (Å²) >= 11 is 0. The first-order valence-corrected chi connectivity index (χ1v) is 5.35. The quantitative estimate of drug-likeness (QED) is 0.398. The Kier molecular flexibility index (Phi) is 3.72. The van der Waals surface area contributed by atoms with E-state index in [1.165, 1.54) is 0 Å². The van der Waals surface area contributed by atoms with Crippen molar-refractivity contribution in [3.8, 4) is 11.8 Å². The zero-order chi connectivity index (χ0) is 11.9. The van der Waals surface area contributed by atoms with E-state index >= 15 is 0 Å². The second-order valence-corrected chi connectivity index (χ2v) is 3.47. The molecule has 1 heteroatoms. The van der Waals surface area contributed by atoms with Crippen LogP contribution in [-0.4, -0.2) is 13.4 Å². The average Bonchev–Trinajstić information content (AvgIpc) is 2.39. The monoisotopic (exact) mass is 220 g/mol. The molecule has 0 saturated carbocycles. The zero-order valence-electron chi connectivity index (χ0n) is 9.60. The summed E-state index contributed by atoms with van der Waals surface area (Å²) in [5.74, 6) is 6.24. The van der Waals surface area contributed by atoms with Gasteiger partial charge >= 0.3 is 0 Å². The van der Waals surface area contributed by atoms with Crippen molar-refractivity contribution in [2.45, 2.75) is 0 Å². The lowest BCUT2D eigenvalue weighted by molar-refractivity contribution is 0.185.